The number of halogens is 1. The number of aliphatic hydroxyl groups excluding tert-OH is 1. The van der Waals surface area contributed by atoms with E-state index >= 15 is 0 Å². The number of hydrogen-bond acceptors (Lipinski definition) is 2. The van der Waals surface area contributed by atoms with Crippen LogP contribution < -0.4 is 0 Å². The van der Waals surface area contributed by atoms with Gasteiger partial charge in [0.15, 0.2) is 0 Å². The third kappa shape index (κ3) is 3.76. The largest absolute Gasteiger partial charge is 0.391 e. The minimum atomic E-state index is -0.240. The van der Waals surface area contributed by atoms with Gasteiger partial charge in [-0.3, -0.25) is 0 Å². The molecule has 0 radical (unpaired) electrons. The number of aliphatic hydroxyl groups is 1. The van der Waals surface area contributed by atoms with Crippen LogP contribution in [0.25, 0.3) is 32.7 Å². The van der Waals surface area contributed by atoms with Crippen LogP contribution in [0.3, 0.4) is 0 Å². The summed E-state index contributed by atoms with van der Waals surface area (Å²) in [7, 11) is 0. The molecule has 1 N–H and O–H groups in total. The van der Waals surface area contributed by atoms with Gasteiger partial charge in [-0.05, 0) is 77.9 Å². The number of thiophene rings is 1. The zero-order valence-corrected chi connectivity index (χ0v) is 17.6. The molecule has 3 heteroatoms. The van der Waals surface area contributed by atoms with Crippen LogP contribution in [0.2, 0.25) is 0 Å². The lowest BCUT2D eigenvalue weighted by Gasteiger charge is -2.13. The maximum absolute atomic E-state index is 13.5. The molecular weight excluding hydrogens is 379 g/mol. The summed E-state index contributed by atoms with van der Waals surface area (Å²) in [5, 5.41) is 9.70. The summed E-state index contributed by atoms with van der Waals surface area (Å²) in [5.74, 6) is -0.240. The van der Waals surface area contributed by atoms with Crippen molar-refractivity contribution in [3.8, 4) is 32.7 Å². The zero-order chi connectivity index (χ0) is 20.5. The van der Waals surface area contributed by atoms with Gasteiger partial charge in [0.25, 0.3) is 0 Å². The predicted octanol–water partition coefficient (Wildman–Crippen LogP) is 7.31. The Balaban J connectivity index is 1.93. The molecule has 3 aromatic carbocycles. The molecule has 4 rings (SSSR count). The van der Waals surface area contributed by atoms with Crippen molar-refractivity contribution in [2.75, 3.05) is 0 Å². The highest BCUT2D eigenvalue weighted by molar-refractivity contribution is 7.16. The van der Waals surface area contributed by atoms with Gasteiger partial charge in [-0.25, -0.2) is 4.39 Å². The van der Waals surface area contributed by atoms with Crippen LogP contribution in [-0.4, -0.2) is 5.11 Å². The molecule has 0 amide bonds. The summed E-state index contributed by atoms with van der Waals surface area (Å²) >= 11 is 1.63. The second kappa shape index (κ2) is 7.94. The number of hydrogen-bond donors (Lipinski definition) is 1. The highest BCUT2D eigenvalue weighted by Crippen LogP contribution is 2.42. The van der Waals surface area contributed by atoms with Crippen molar-refractivity contribution >= 4 is 11.3 Å². The topological polar surface area (TPSA) is 20.2 Å². The van der Waals surface area contributed by atoms with E-state index in [1.165, 1.54) is 23.3 Å². The van der Waals surface area contributed by atoms with Crippen LogP contribution >= 0.6 is 11.3 Å². The van der Waals surface area contributed by atoms with Crippen molar-refractivity contribution in [2.24, 2.45) is 0 Å². The second-order valence-electron chi connectivity index (χ2n) is 7.40. The predicted molar refractivity (Wildman–Crippen MR) is 121 cm³/mol. The summed E-state index contributed by atoms with van der Waals surface area (Å²) < 4.78 is 13.5. The first-order valence-electron chi connectivity index (χ1n) is 9.65. The molecule has 0 unspecified atom stereocenters. The first-order valence-corrected chi connectivity index (χ1v) is 10.5. The van der Waals surface area contributed by atoms with Crippen LogP contribution in [0.15, 0.2) is 66.7 Å². The van der Waals surface area contributed by atoms with Crippen LogP contribution in [0, 0.1) is 26.6 Å². The molecule has 0 saturated carbocycles. The fourth-order valence-corrected chi connectivity index (χ4v) is 4.81. The van der Waals surface area contributed by atoms with E-state index in [4.69, 9.17) is 0 Å². The Bertz CT molecular complexity index is 1150. The van der Waals surface area contributed by atoms with Crippen molar-refractivity contribution in [1.29, 1.82) is 0 Å². The Morgan fingerprint density at radius 3 is 1.97 bits per heavy atom. The Morgan fingerprint density at radius 2 is 1.34 bits per heavy atom. The van der Waals surface area contributed by atoms with E-state index < -0.39 is 0 Å². The Hall–Kier alpha value is -2.75. The van der Waals surface area contributed by atoms with Gasteiger partial charge in [0, 0.05) is 9.75 Å². The first-order chi connectivity index (χ1) is 14.0. The maximum atomic E-state index is 13.5. The molecule has 1 heterocycles. The summed E-state index contributed by atoms with van der Waals surface area (Å²) in [5.41, 5.74) is 8.99. The van der Waals surface area contributed by atoms with Gasteiger partial charge < -0.3 is 5.11 Å². The lowest BCUT2D eigenvalue weighted by atomic mass is 9.92. The van der Waals surface area contributed by atoms with Crippen LogP contribution in [0.1, 0.15) is 21.6 Å². The van der Waals surface area contributed by atoms with Gasteiger partial charge in [-0.1, -0.05) is 54.1 Å². The highest BCUT2D eigenvalue weighted by Gasteiger charge is 2.17. The van der Waals surface area contributed by atoms with Crippen molar-refractivity contribution in [3.05, 3.63) is 94.1 Å². The van der Waals surface area contributed by atoms with E-state index in [9.17, 15) is 9.50 Å². The molecule has 0 fully saturated rings. The second-order valence-corrected chi connectivity index (χ2v) is 8.50. The van der Waals surface area contributed by atoms with E-state index in [-0.39, 0.29) is 12.4 Å². The smallest absolute Gasteiger partial charge is 0.123 e. The van der Waals surface area contributed by atoms with Crippen molar-refractivity contribution in [2.45, 2.75) is 27.4 Å². The van der Waals surface area contributed by atoms with Gasteiger partial charge in [0.1, 0.15) is 5.82 Å². The minimum Gasteiger partial charge on any atom is -0.391 e. The SMILES string of the molecule is Cc1ccc(-c2ccc(-c3sc(CO)c(C)c3C)c(-c3ccc(F)cc3)c2)cc1. The van der Waals surface area contributed by atoms with Crippen molar-refractivity contribution in [1.82, 2.24) is 0 Å². The number of benzene rings is 3. The van der Waals surface area contributed by atoms with Crippen LogP contribution in [0.4, 0.5) is 4.39 Å². The van der Waals surface area contributed by atoms with Crippen molar-refractivity contribution < 1.29 is 9.50 Å². The lowest BCUT2D eigenvalue weighted by Crippen LogP contribution is -1.88. The van der Waals surface area contributed by atoms with E-state index in [1.54, 1.807) is 11.3 Å². The molecule has 0 aliphatic carbocycles. The normalized spacial score (nSPS) is 11.1. The molecule has 1 aromatic heterocycles. The summed E-state index contributed by atoms with van der Waals surface area (Å²) in [6.07, 6.45) is 0. The molecule has 0 bridgehead atoms. The van der Waals surface area contributed by atoms with Gasteiger partial charge in [0.2, 0.25) is 0 Å². The molecule has 146 valence electrons. The van der Waals surface area contributed by atoms with E-state index in [2.05, 4.69) is 63.2 Å². The molecule has 1 nitrogen and oxygen atoms in total. The maximum Gasteiger partial charge on any atom is 0.123 e. The lowest BCUT2D eigenvalue weighted by molar-refractivity contribution is 0.285. The molecule has 0 aliphatic heterocycles. The number of rotatable bonds is 4. The summed E-state index contributed by atoms with van der Waals surface area (Å²) in [4.78, 5) is 2.14. The molecule has 4 aromatic rings. The third-order valence-electron chi connectivity index (χ3n) is 5.49. The summed E-state index contributed by atoms with van der Waals surface area (Å²) in [6.45, 7) is 6.28. The Morgan fingerprint density at radius 1 is 0.724 bits per heavy atom. The fraction of sp³-hybridized carbons (Fsp3) is 0.154. The van der Waals surface area contributed by atoms with Gasteiger partial charge >= 0.3 is 0 Å². The van der Waals surface area contributed by atoms with E-state index in [0.717, 1.165) is 43.1 Å². The fourth-order valence-electron chi connectivity index (χ4n) is 3.60. The van der Waals surface area contributed by atoms with Crippen LogP contribution in [0.5, 0.6) is 0 Å². The van der Waals surface area contributed by atoms with E-state index in [1.807, 2.05) is 12.1 Å². The molecule has 0 atom stereocenters. The van der Waals surface area contributed by atoms with E-state index in [0.29, 0.717) is 0 Å². The number of aryl methyl sites for hydroxylation is 1. The molecule has 0 aliphatic rings. The summed E-state index contributed by atoms with van der Waals surface area (Å²) in [6, 6.07) is 21.6. The molecule has 29 heavy (non-hydrogen) atoms. The molecule has 0 spiro atoms. The highest BCUT2D eigenvalue weighted by atomic mass is 32.1. The Labute approximate surface area is 175 Å². The average molecular weight is 403 g/mol. The molecular formula is C26H23FOS. The van der Waals surface area contributed by atoms with Gasteiger partial charge in [0.05, 0.1) is 6.61 Å². The minimum absolute atomic E-state index is 0.0463. The average Bonchev–Trinajstić information content (AvgIpc) is 3.03. The van der Waals surface area contributed by atoms with Gasteiger partial charge in [-0.15, -0.1) is 11.3 Å². The monoisotopic (exact) mass is 402 g/mol. The standard InChI is InChI=1S/C26H23FOS/c1-16-4-6-19(7-5-16)21-10-13-23(26-18(3)17(2)25(15-28)29-26)24(14-21)20-8-11-22(27)12-9-20/h4-14,28H,15H2,1-3H3. The first kappa shape index (κ1) is 19.6. The quantitative estimate of drug-likeness (QED) is 0.379. The Kier molecular flexibility index (Phi) is 5.35. The van der Waals surface area contributed by atoms with Gasteiger partial charge in [-0.2, -0.15) is 0 Å². The van der Waals surface area contributed by atoms with Crippen molar-refractivity contribution in [3.63, 3.8) is 0 Å². The zero-order valence-electron chi connectivity index (χ0n) is 16.8. The molecule has 0 saturated heterocycles. The third-order valence-corrected chi connectivity index (χ3v) is 6.91. The van der Waals surface area contributed by atoms with Crippen LogP contribution in [-0.2, 0) is 6.61 Å².